The fourth-order valence-electron chi connectivity index (χ4n) is 1.72. The Morgan fingerprint density at radius 3 is 2.56 bits per heavy atom. The number of hydrogen-bond acceptors (Lipinski definition) is 4. The molecule has 2 rings (SSSR count). The van der Waals surface area contributed by atoms with Gasteiger partial charge in [0, 0.05) is 6.42 Å². The summed E-state index contributed by atoms with van der Waals surface area (Å²) in [5, 5.41) is 10.00. The number of aromatic nitrogens is 1. The third-order valence-corrected chi connectivity index (χ3v) is 3.69. The zero-order valence-electron chi connectivity index (χ0n) is 10.4. The number of methoxy groups -OCH3 is 1. The van der Waals surface area contributed by atoms with Crippen LogP contribution in [0.1, 0.15) is 28.1 Å². The number of benzene rings is 1. The maximum atomic E-state index is 9.00. The molecule has 0 spiro atoms. The molecule has 0 bridgehead atoms. The molecule has 0 saturated carbocycles. The summed E-state index contributed by atoms with van der Waals surface area (Å²) in [6, 6.07) is 10.1. The number of thiazole rings is 1. The summed E-state index contributed by atoms with van der Waals surface area (Å²) in [4.78, 5) is 5.24. The Bertz CT molecular complexity index is 566. The van der Waals surface area contributed by atoms with E-state index in [9.17, 15) is 0 Å². The van der Waals surface area contributed by atoms with Crippen LogP contribution in [0.5, 0.6) is 5.75 Å². The first-order valence-corrected chi connectivity index (χ1v) is 6.60. The van der Waals surface area contributed by atoms with Crippen LogP contribution in [-0.2, 0) is 12.8 Å². The lowest BCUT2D eigenvalue weighted by Gasteiger charge is -2.01. The van der Waals surface area contributed by atoms with Crippen molar-refractivity contribution in [2.45, 2.75) is 19.8 Å². The van der Waals surface area contributed by atoms with Crippen LogP contribution < -0.4 is 4.74 Å². The number of nitrogens with zero attached hydrogens (tertiary/aromatic N) is 2. The molecule has 0 amide bonds. The summed E-state index contributed by atoms with van der Waals surface area (Å²) in [6.07, 6.45) is 1.57. The standard InChI is InChI=1S/C14H14N2OS/c1-3-12-13(9-15)18-14(16-12)8-10-4-6-11(17-2)7-5-10/h4-7H,3,8H2,1-2H3. The van der Waals surface area contributed by atoms with Crippen molar-refractivity contribution in [2.24, 2.45) is 0 Å². The van der Waals surface area contributed by atoms with Gasteiger partial charge >= 0.3 is 0 Å². The van der Waals surface area contributed by atoms with E-state index < -0.39 is 0 Å². The van der Waals surface area contributed by atoms with Gasteiger partial charge in [0.05, 0.1) is 17.8 Å². The van der Waals surface area contributed by atoms with Crippen molar-refractivity contribution in [1.29, 1.82) is 5.26 Å². The number of nitriles is 1. The van der Waals surface area contributed by atoms with Crippen molar-refractivity contribution < 1.29 is 4.74 Å². The van der Waals surface area contributed by atoms with Crippen LogP contribution in [0.15, 0.2) is 24.3 Å². The molecule has 0 aliphatic heterocycles. The molecular formula is C14H14N2OS. The molecule has 2 aromatic rings. The van der Waals surface area contributed by atoms with Gasteiger partial charge in [0.25, 0.3) is 0 Å². The molecule has 0 N–H and O–H groups in total. The van der Waals surface area contributed by atoms with Crippen molar-refractivity contribution in [2.75, 3.05) is 7.11 Å². The zero-order valence-corrected chi connectivity index (χ0v) is 11.3. The van der Waals surface area contributed by atoms with Crippen LogP contribution in [0.4, 0.5) is 0 Å². The average Bonchev–Trinajstić information content (AvgIpc) is 2.81. The molecule has 18 heavy (non-hydrogen) atoms. The van der Waals surface area contributed by atoms with Gasteiger partial charge < -0.3 is 4.74 Å². The monoisotopic (exact) mass is 258 g/mol. The normalized spacial score (nSPS) is 10.1. The molecule has 3 nitrogen and oxygen atoms in total. The second-order valence-corrected chi connectivity index (χ2v) is 4.96. The predicted molar refractivity (Wildman–Crippen MR) is 72.0 cm³/mol. The third kappa shape index (κ3) is 2.69. The highest BCUT2D eigenvalue weighted by atomic mass is 32.1. The van der Waals surface area contributed by atoms with Crippen LogP contribution in [0.3, 0.4) is 0 Å². The van der Waals surface area contributed by atoms with E-state index in [1.807, 2.05) is 31.2 Å². The Labute approximate surface area is 111 Å². The van der Waals surface area contributed by atoms with Crippen molar-refractivity contribution in [3.05, 3.63) is 45.4 Å². The molecule has 0 saturated heterocycles. The number of hydrogen-bond donors (Lipinski definition) is 0. The Morgan fingerprint density at radius 1 is 1.33 bits per heavy atom. The van der Waals surface area contributed by atoms with E-state index in [1.54, 1.807) is 7.11 Å². The van der Waals surface area contributed by atoms with E-state index in [4.69, 9.17) is 10.00 Å². The number of rotatable bonds is 4. The summed E-state index contributed by atoms with van der Waals surface area (Å²) >= 11 is 1.49. The Hall–Kier alpha value is -1.86. The van der Waals surface area contributed by atoms with Gasteiger partial charge in [-0.2, -0.15) is 5.26 Å². The number of ether oxygens (including phenoxy) is 1. The molecule has 1 aromatic carbocycles. The molecule has 1 aromatic heterocycles. The highest BCUT2D eigenvalue weighted by molar-refractivity contribution is 7.12. The SMILES string of the molecule is CCc1nc(Cc2ccc(OC)cc2)sc1C#N. The first-order valence-electron chi connectivity index (χ1n) is 5.78. The molecule has 0 fully saturated rings. The summed E-state index contributed by atoms with van der Waals surface area (Å²) < 4.78 is 5.12. The van der Waals surface area contributed by atoms with Crippen molar-refractivity contribution in [1.82, 2.24) is 4.98 Å². The summed E-state index contributed by atoms with van der Waals surface area (Å²) in [5.74, 6) is 0.852. The largest absolute Gasteiger partial charge is 0.497 e. The maximum absolute atomic E-state index is 9.00. The lowest BCUT2D eigenvalue weighted by Crippen LogP contribution is -1.89. The van der Waals surface area contributed by atoms with Gasteiger partial charge in [0.2, 0.25) is 0 Å². The van der Waals surface area contributed by atoms with E-state index in [0.29, 0.717) is 0 Å². The molecular weight excluding hydrogens is 244 g/mol. The van der Waals surface area contributed by atoms with Crippen molar-refractivity contribution >= 4 is 11.3 Å². The van der Waals surface area contributed by atoms with Crippen molar-refractivity contribution in [3.63, 3.8) is 0 Å². The molecule has 0 unspecified atom stereocenters. The predicted octanol–water partition coefficient (Wildman–Crippen LogP) is 3.18. The van der Waals surface area contributed by atoms with Crippen LogP contribution >= 0.6 is 11.3 Å². The van der Waals surface area contributed by atoms with E-state index in [2.05, 4.69) is 11.1 Å². The first kappa shape index (κ1) is 12.6. The minimum atomic E-state index is 0.737. The van der Waals surface area contributed by atoms with Crippen LogP contribution in [0, 0.1) is 11.3 Å². The second kappa shape index (κ2) is 5.65. The lowest BCUT2D eigenvalue weighted by atomic mass is 10.1. The topological polar surface area (TPSA) is 45.9 Å². The van der Waals surface area contributed by atoms with Crippen LogP contribution in [-0.4, -0.2) is 12.1 Å². The smallest absolute Gasteiger partial charge is 0.128 e. The lowest BCUT2D eigenvalue weighted by molar-refractivity contribution is 0.414. The first-order chi connectivity index (χ1) is 8.76. The third-order valence-electron chi connectivity index (χ3n) is 2.69. The van der Waals surface area contributed by atoms with Gasteiger partial charge in [-0.25, -0.2) is 4.98 Å². The molecule has 0 aliphatic carbocycles. The van der Waals surface area contributed by atoms with Gasteiger partial charge in [-0.3, -0.25) is 0 Å². The molecule has 4 heteroatoms. The number of aryl methyl sites for hydroxylation is 1. The van der Waals surface area contributed by atoms with Crippen LogP contribution in [0.2, 0.25) is 0 Å². The molecule has 0 aliphatic rings. The van der Waals surface area contributed by atoms with Crippen molar-refractivity contribution in [3.8, 4) is 11.8 Å². The quantitative estimate of drug-likeness (QED) is 0.846. The minimum absolute atomic E-state index is 0.737. The Morgan fingerprint density at radius 2 is 2.06 bits per heavy atom. The Kier molecular flexibility index (Phi) is 3.96. The fourth-order valence-corrected chi connectivity index (χ4v) is 2.71. The summed E-state index contributed by atoms with van der Waals surface area (Å²) in [5.41, 5.74) is 2.09. The summed E-state index contributed by atoms with van der Waals surface area (Å²) in [7, 11) is 1.66. The molecule has 92 valence electrons. The fraction of sp³-hybridized carbons (Fsp3) is 0.286. The van der Waals surface area contributed by atoms with Gasteiger partial charge in [-0.05, 0) is 24.1 Å². The van der Waals surface area contributed by atoms with Gasteiger partial charge in [0.15, 0.2) is 0 Å². The molecule has 0 atom stereocenters. The molecule has 1 heterocycles. The van der Waals surface area contributed by atoms with E-state index in [0.717, 1.165) is 34.2 Å². The highest BCUT2D eigenvalue weighted by Gasteiger charge is 2.09. The minimum Gasteiger partial charge on any atom is -0.497 e. The second-order valence-electron chi connectivity index (χ2n) is 3.87. The van der Waals surface area contributed by atoms with Crippen LogP contribution in [0.25, 0.3) is 0 Å². The van der Waals surface area contributed by atoms with E-state index in [-0.39, 0.29) is 0 Å². The average molecular weight is 258 g/mol. The van der Waals surface area contributed by atoms with E-state index in [1.165, 1.54) is 16.9 Å². The van der Waals surface area contributed by atoms with Gasteiger partial charge in [-0.1, -0.05) is 19.1 Å². The van der Waals surface area contributed by atoms with E-state index >= 15 is 0 Å². The molecule has 0 radical (unpaired) electrons. The van der Waals surface area contributed by atoms with Gasteiger partial charge in [-0.15, -0.1) is 11.3 Å². The summed E-state index contributed by atoms with van der Waals surface area (Å²) in [6.45, 7) is 2.02. The maximum Gasteiger partial charge on any atom is 0.128 e. The highest BCUT2D eigenvalue weighted by Crippen LogP contribution is 2.22. The zero-order chi connectivity index (χ0) is 13.0. The Balaban J connectivity index is 2.18. The van der Waals surface area contributed by atoms with Gasteiger partial charge in [0.1, 0.15) is 16.7 Å².